The van der Waals surface area contributed by atoms with Crippen LogP contribution in [-0.2, 0) is 19.1 Å². The van der Waals surface area contributed by atoms with E-state index in [9.17, 15) is 14.4 Å². The third-order valence-electron chi connectivity index (χ3n) is 2.95. The molecule has 1 fully saturated rings. The van der Waals surface area contributed by atoms with Crippen molar-refractivity contribution in [3.63, 3.8) is 0 Å². The molecule has 0 bridgehead atoms. The van der Waals surface area contributed by atoms with Gasteiger partial charge >= 0.3 is 18.0 Å². The zero-order valence-corrected chi connectivity index (χ0v) is 12.2. The molecular weight excluding hydrogens is 266 g/mol. The Balaban J connectivity index is 2.81. The van der Waals surface area contributed by atoms with Gasteiger partial charge in [-0.2, -0.15) is 0 Å². The van der Waals surface area contributed by atoms with Gasteiger partial charge in [-0.05, 0) is 33.1 Å². The van der Waals surface area contributed by atoms with Crippen molar-refractivity contribution in [2.45, 2.75) is 45.3 Å². The van der Waals surface area contributed by atoms with E-state index in [1.807, 2.05) is 0 Å². The number of ether oxygens (including phenoxy) is 2. The van der Waals surface area contributed by atoms with Crippen LogP contribution in [0.3, 0.4) is 0 Å². The zero-order chi connectivity index (χ0) is 15.5. The van der Waals surface area contributed by atoms with Gasteiger partial charge in [-0.25, -0.2) is 9.59 Å². The summed E-state index contributed by atoms with van der Waals surface area (Å²) in [5, 5.41) is 8.82. The Kier molecular flexibility index (Phi) is 4.97. The van der Waals surface area contributed by atoms with E-state index in [1.165, 1.54) is 12.0 Å². The molecule has 1 amide bonds. The van der Waals surface area contributed by atoms with E-state index in [0.717, 1.165) is 0 Å². The second kappa shape index (κ2) is 6.11. The molecule has 1 unspecified atom stereocenters. The van der Waals surface area contributed by atoms with Gasteiger partial charge in [0, 0.05) is 13.0 Å². The average Bonchev–Trinajstić information content (AvgIpc) is 2.68. The number of rotatable bonds is 3. The summed E-state index contributed by atoms with van der Waals surface area (Å²) in [7, 11) is 1.24. The molecule has 20 heavy (non-hydrogen) atoms. The van der Waals surface area contributed by atoms with Crippen LogP contribution >= 0.6 is 0 Å². The largest absolute Gasteiger partial charge is 0.481 e. The average molecular weight is 287 g/mol. The highest BCUT2D eigenvalue weighted by molar-refractivity contribution is 5.82. The number of hydrogen-bond donors (Lipinski definition) is 1. The number of carboxylic acid groups (broad SMARTS) is 1. The standard InChI is InChI=1S/C13H21NO6/c1-13(2,3)20-12(18)14-7-8(6-10(15)16)5-9(14)11(17)19-4/h8-9H,5-7H2,1-4H3,(H,15,16)/t8?,9-/m0/s1. The second-order valence-electron chi connectivity index (χ2n) is 5.87. The lowest BCUT2D eigenvalue weighted by Gasteiger charge is -2.27. The zero-order valence-electron chi connectivity index (χ0n) is 12.2. The molecule has 1 N–H and O–H groups in total. The lowest BCUT2D eigenvalue weighted by atomic mass is 10.0. The van der Waals surface area contributed by atoms with E-state index < -0.39 is 29.7 Å². The van der Waals surface area contributed by atoms with Crippen LogP contribution in [0.15, 0.2) is 0 Å². The van der Waals surface area contributed by atoms with Crippen molar-refractivity contribution < 1.29 is 29.0 Å². The molecule has 0 aromatic rings. The van der Waals surface area contributed by atoms with Crippen LogP contribution in [0.25, 0.3) is 0 Å². The van der Waals surface area contributed by atoms with Gasteiger partial charge in [0.15, 0.2) is 0 Å². The fourth-order valence-corrected chi connectivity index (χ4v) is 2.20. The summed E-state index contributed by atoms with van der Waals surface area (Å²) in [5.74, 6) is -1.78. The maximum atomic E-state index is 12.1. The highest BCUT2D eigenvalue weighted by atomic mass is 16.6. The molecule has 0 radical (unpaired) electrons. The Morgan fingerprint density at radius 3 is 2.35 bits per heavy atom. The van der Waals surface area contributed by atoms with Crippen LogP contribution in [0.2, 0.25) is 0 Å². The van der Waals surface area contributed by atoms with Gasteiger partial charge in [0.05, 0.1) is 7.11 Å². The monoisotopic (exact) mass is 287 g/mol. The van der Waals surface area contributed by atoms with Crippen LogP contribution in [0, 0.1) is 5.92 Å². The molecule has 0 aliphatic carbocycles. The molecule has 1 saturated heterocycles. The van der Waals surface area contributed by atoms with Crippen molar-refractivity contribution in [3.05, 3.63) is 0 Å². The number of carbonyl (C=O) groups excluding carboxylic acids is 2. The molecule has 0 aromatic heterocycles. The minimum atomic E-state index is -0.954. The first-order chi connectivity index (χ1) is 9.14. The minimum absolute atomic E-state index is 0.0905. The van der Waals surface area contributed by atoms with Gasteiger partial charge in [0.1, 0.15) is 11.6 Å². The Bertz CT molecular complexity index is 400. The van der Waals surface area contributed by atoms with E-state index in [4.69, 9.17) is 9.84 Å². The van der Waals surface area contributed by atoms with Gasteiger partial charge in [-0.1, -0.05) is 0 Å². The molecule has 0 aromatic carbocycles. The summed E-state index contributed by atoms with van der Waals surface area (Å²) in [6.45, 7) is 5.36. The predicted molar refractivity (Wildman–Crippen MR) is 69.1 cm³/mol. The SMILES string of the molecule is COC(=O)[C@@H]1CC(CC(=O)O)CN1C(=O)OC(C)(C)C. The highest BCUT2D eigenvalue weighted by Crippen LogP contribution is 2.28. The first-order valence-electron chi connectivity index (χ1n) is 6.43. The van der Waals surface area contributed by atoms with Gasteiger partial charge in [0.2, 0.25) is 0 Å². The highest BCUT2D eigenvalue weighted by Gasteiger charge is 2.42. The first kappa shape index (κ1) is 16.3. The number of aliphatic carboxylic acids is 1. The number of esters is 1. The molecular formula is C13H21NO6. The number of carbonyl (C=O) groups is 3. The van der Waals surface area contributed by atoms with Crippen LogP contribution < -0.4 is 0 Å². The minimum Gasteiger partial charge on any atom is -0.481 e. The van der Waals surface area contributed by atoms with E-state index in [2.05, 4.69) is 4.74 Å². The van der Waals surface area contributed by atoms with Crippen molar-refractivity contribution in [3.8, 4) is 0 Å². The molecule has 0 saturated carbocycles. The lowest BCUT2D eigenvalue weighted by molar-refractivity contribution is -0.146. The summed E-state index contributed by atoms with van der Waals surface area (Å²) < 4.78 is 9.89. The number of methoxy groups -OCH3 is 1. The van der Waals surface area contributed by atoms with E-state index in [1.54, 1.807) is 20.8 Å². The summed E-state index contributed by atoms with van der Waals surface area (Å²) in [6, 6.07) is -0.779. The lowest BCUT2D eigenvalue weighted by Crippen LogP contribution is -2.43. The molecule has 7 nitrogen and oxygen atoms in total. The molecule has 1 heterocycles. The van der Waals surface area contributed by atoms with Gasteiger partial charge in [-0.15, -0.1) is 0 Å². The van der Waals surface area contributed by atoms with Crippen LogP contribution in [0.4, 0.5) is 4.79 Å². The fraction of sp³-hybridized carbons (Fsp3) is 0.769. The third kappa shape index (κ3) is 4.40. The van der Waals surface area contributed by atoms with Gasteiger partial charge in [0.25, 0.3) is 0 Å². The normalized spacial score (nSPS) is 22.5. The summed E-state index contributed by atoms with van der Waals surface area (Å²) >= 11 is 0. The first-order valence-corrected chi connectivity index (χ1v) is 6.43. The summed E-state index contributed by atoms with van der Waals surface area (Å²) in [4.78, 5) is 35.8. The number of nitrogens with zero attached hydrogens (tertiary/aromatic N) is 1. The maximum Gasteiger partial charge on any atom is 0.411 e. The molecule has 1 aliphatic heterocycles. The van der Waals surface area contributed by atoms with E-state index in [-0.39, 0.29) is 25.3 Å². The Morgan fingerprint density at radius 1 is 1.30 bits per heavy atom. The fourth-order valence-electron chi connectivity index (χ4n) is 2.20. The molecule has 2 atom stereocenters. The smallest absolute Gasteiger partial charge is 0.411 e. The van der Waals surface area contributed by atoms with E-state index >= 15 is 0 Å². The van der Waals surface area contributed by atoms with Crippen molar-refractivity contribution >= 4 is 18.0 Å². The summed E-state index contributed by atoms with van der Waals surface area (Å²) in [5.41, 5.74) is -0.678. The topological polar surface area (TPSA) is 93.1 Å². The van der Waals surface area contributed by atoms with Crippen molar-refractivity contribution in [2.24, 2.45) is 5.92 Å². The van der Waals surface area contributed by atoms with Crippen LogP contribution in [0.5, 0.6) is 0 Å². The van der Waals surface area contributed by atoms with Crippen LogP contribution in [-0.4, -0.2) is 53.3 Å². The molecule has 7 heteroatoms. The molecule has 0 spiro atoms. The predicted octanol–water partition coefficient (Wildman–Crippen LogP) is 1.26. The second-order valence-corrected chi connectivity index (χ2v) is 5.87. The van der Waals surface area contributed by atoms with Gasteiger partial charge < -0.3 is 14.6 Å². The summed E-state index contributed by atoms with van der Waals surface area (Å²) in [6.07, 6.45) is -0.439. The Labute approximate surface area is 117 Å². The molecule has 114 valence electrons. The number of hydrogen-bond acceptors (Lipinski definition) is 5. The number of carboxylic acids is 1. The third-order valence-corrected chi connectivity index (χ3v) is 2.95. The number of likely N-dealkylation sites (tertiary alicyclic amines) is 1. The van der Waals surface area contributed by atoms with Crippen LogP contribution in [0.1, 0.15) is 33.6 Å². The molecule has 1 rings (SSSR count). The van der Waals surface area contributed by atoms with Gasteiger partial charge in [-0.3, -0.25) is 9.69 Å². The van der Waals surface area contributed by atoms with Crippen molar-refractivity contribution in [1.82, 2.24) is 4.90 Å². The van der Waals surface area contributed by atoms with Crippen molar-refractivity contribution in [1.29, 1.82) is 0 Å². The molecule has 1 aliphatic rings. The van der Waals surface area contributed by atoms with Crippen molar-refractivity contribution in [2.75, 3.05) is 13.7 Å². The maximum absolute atomic E-state index is 12.1. The Hall–Kier alpha value is -1.79. The quantitative estimate of drug-likeness (QED) is 0.785. The van der Waals surface area contributed by atoms with E-state index in [0.29, 0.717) is 0 Å². The Morgan fingerprint density at radius 2 is 1.90 bits per heavy atom. The number of amides is 1.